The monoisotopic (exact) mass is 334 g/mol. The predicted molar refractivity (Wildman–Crippen MR) is 99.9 cm³/mol. The zero-order chi connectivity index (χ0) is 17.5. The summed E-state index contributed by atoms with van der Waals surface area (Å²) in [6, 6.07) is 18.0. The first kappa shape index (κ1) is 16.6. The number of anilines is 2. The normalized spacial score (nSPS) is 10.3. The fourth-order valence-electron chi connectivity index (χ4n) is 2.32. The van der Waals surface area contributed by atoms with Crippen LogP contribution >= 0.6 is 0 Å². The fourth-order valence-corrected chi connectivity index (χ4v) is 2.32. The third-order valence-corrected chi connectivity index (χ3v) is 3.57. The highest BCUT2D eigenvalue weighted by Crippen LogP contribution is 2.20. The van der Waals surface area contributed by atoms with E-state index in [0.29, 0.717) is 24.7 Å². The minimum atomic E-state index is -0.243. The van der Waals surface area contributed by atoms with E-state index >= 15 is 0 Å². The maximum Gasteiger partial charge on any atom is 0.163 e. The molecule has 0 aliphatic heterocycles. The number of hydrogen-bond donors (Lipinski definition) is 2. The lowest BCUT2D eigenvalue weighted by molar-refractivity contribution is 0.627. The van der Waals surface area contributed by atoms with E-state index in [4.69, 9.17) is 0 Å². The molecule has 0 saturated heterocycles. The average molecular weight is 334 g/mol. The molecule has 25 heavy (non-hydrogen) atoms. The summed E-state index contributed by atoms with van der Waals surface area (Å²) in [7, 11) is 0. The molecule has 0 bridgehead atoms. The van der Waals surface area contributed by atoms with Crippen LogP contribution in [0.5, 0.6) is 0 Å². The number of aromatic nitrogens is 2. The Bertz CT molecular complexity index is 832. The van der Waals surface area contributed by atoms with Crippen molar-refractivity contribution in [1.82, 2.24) is 9.97 Å². The summed E-state index contributed by atoms with van der Waals surface area (Å²) in [5, 5.41) is 6.46. The molecule has 126 valence electrons. The summed E-state index contributed by atoms with van der Waals surface area (Å²) in [5.41, 5.74) is 1.91. The van der Waals surface area contributed by atoms with Crippen molar-refractivity contribution >= 4 is 11.6 Å². The number of benzene rings is 2. The van der Waals surface area contributed by atoms with Gasteiger partial charge in [-0.25, -0.2) is 14.4 Å². The van der Waals surface area contributed by atoms with E-state index in [-0.39, 0.29) is 5.82 Å². The molecule has 0 unspecified atom stereocenters. The van der Waals surface area contributed by atoms with Gasteiger partial charge in [-0.15, -0.1) is 6.58 Å². The van der Waals surface area contributed by atoms with Gasteiger partial charge in [-0.3, -0.25) is 0 Å². The molecule has 0 aliphatic carbocycles. The third kappa shape index (κ3) is 4.64. The molecule has 5 heteroatoms. The van der Waals surface area contributed by atoms with Crippen LogP contribution in [0.15, 0.2) is 73.3 Å². The largest absolute Gasteiger partial charge is 0.366 e. The van der Waals surface area contributed by atoms with E-state index in [2.05, 4.69) is 27.2 Å². The van der Waals surface area contributed by atoms with Crippen LogP contribution in [0.4, 0.5) is 16.0 Å². The van der Waals surface area contributed by atoms with Gasteiger partial charge in [-0.2, -0.15) is 0 Å². The van der Waals surface area contributed by atoms with Crippen molar-refractivity contribution in [3.05, 3.63) is 84.7 Å². The summed E-state index contributed by atoms with van der Waals surface area (Å²) < 4.78 is 13.0. The first-order chi connectivity index (χ1) is 12.2. The molecular weight excluding hydrogens is 315 g/mol. The van der Waals surface area contributed by atoms with Gasteiger partial charge >= 0.3 is 0 Å². The third-order valence-electron chi connectivity index (χ3n) is 3.57. The molecule has 3 aromatic rings. The quantitative estimate of drug-likeness (QED) is 0.625. The van der Waals surface area contributed by atoms with Gasteiger partial charge in [0.2, 0.25) is 0 Å². The molecule has 0 spiro atoms. The van der Waals surface area contributed by atoms with Crippen molar-refractivity contribution < 1.29 is 4.39 Å². The van der Waals surface area contributed by atoms with Crippen LogP contribution < -0.4 is 10.6 Å². The summed E-state index contributed by atoms with van der Waals surface area (Å²) in [6.45, 7) is 4.87. The van der Waals surface area contributed by atoms with Crippen LogP contribution in [0.1, 0.15) is 5.56 Å². The Hall–Kier alpha value is -3.21. The summed E-state index contributed by atoms with van der Waals surface area (Å²) >= 11 is 0. The van der Waals surface area contributed by atoms with Gasteiger partial charge in [-0.1, -0.05) is 48.5 Å². The Kier molecular flexibility index (Phi) is 5.36. The van der Waals surface area contributed by atoms with Crippen molar-refractivity contribution in [3.8, 4) is 11.4 Å². The average Bonchev–Trinajstić information content (AvgIpc) is 2.66. The summed E-state index contributed by atoms with van der Waals surface area (Å²) in [6.07, 6.45) is 1.77. The second kappa shape index (κ2) is 8.06. The van der Waals surface area contributed by atoms with Crippen molar-refractivity contribution in [1.29, 1.82) is 0 Å². The zero-order valence-corrected chi connectivity index (χ0v) is 13.7. The highest BCUT2D eigenvalue weighted by molar-refractivity contribution is 5.61. The predicted octanol–water partition coefficient (Wildman–Crippen LogP) is 4.49. The zero-order valence-electron chi connectivity index (χ0n) is 13.7. The van der Waals surface area contributed by atoms with Crippen LogP contribution in [0.25, 0.3) is 11.4 Å². The number of hydrogen-bond acceptors (Lipinski definition) is 4. The number of rotatable bonds is 7. The van der Waals surface area contributed by atoms with Crippen molar-refractivity contribution in [2.45, 2.75) is 6.54 Å². The molecule has 1 heterocycles. The van der Waals surface area contributed by atoms with Crippen molar-refractivity contribution in [3.63, 3.8) is 0 Å². The van der Waals surface area contributed by atoms with Gasteiger partial charge in [0.05, 0.1) is 0 Å². The minimum Gasteiger partial charge on any atom is -0.366 e. The van der Waals surface area contributed by atoms with Crippen LogP contribution in [-0.2, 0) is 6.54 Å². The molecule has 4 nitrogen and oxygen atoms in total. The van der Waals surface area contributed by atoms with Crippen LogP contribution in [0, 0.1) is 5.82 Å². The molecule has 1 aromatic heterocycles. The Morgan fingerprint density at radius 1 is 0.920 bits per heavy atom. The lowest BCUT2D eigenvalue weighted by Crippen LogP contribution is -2.07. The summed E-state index contributed by atoms with van der Waals surface area (Å²) in [5.74, 6) is 1.81. The van der Waals surface area contributed by atoms with Crippen LogP contribution in [0.2, 0.25) is 0 Å². The standard InChI is InChI=1S/C20H19FN4/c1-2-12-22-18-13-19(23-14-15-8-10-17(21)11-9-15)25-20(24-18)16-6-4-3-5-7-16/h2-11,13H,1,12,14H2,(H2,22,23,24,25). The molecular formula is C20H19FN4. The molecule has 2 N–H and O–H groups in total. The van der Waals surface area contributed by atoms with E-state index in [1.165, 1.54) is 12.1 Å². The Morgan fingerprint density at radius 2 is 1.60 bits per heavy atom. The van der Waals surface area contributed by atoms with E-state index in [1.807, 2.05) is 36.4 Å². The van der Waals surface area contributed by atoms with E-state index in [1.54, 1.807) is 18.2 Å². The molecule has 0 fully saturated rings. The minimum absolute atomic E-state index is 0.243. The maximum absolute atomic E-state index is 13.0. The summed E-state index contributed by atoms with van der Waals surface area (Å²) in [4.78, 5) is 9.13. The highest BCUT2D eigenvalue weighted by atomic mass is 19.1. The molecule has 0 saturated carbocycles. The van der Waals surface area contributed by atoms with Gasteiger partial charge in [0, 0.05) is 24.7 Å². The van der Waals surface area contributed by atoms with E-state index in [9.17, 15) is 4.39 Å². The van der Waals surface area contributed by atoms with Gasteiger partial charge in [0.1, 0.15) is 17.5 Å². The van der Waals surface area contributed by atoms with Crippen molar-refractivity contribution in [2.24, 2.45) is 0 Å². The Morgan fingerprint density at radius 3 is 2.28 bits per heavy atom. The maximum atomic E-state index is 13.0. The molecule has 0 radical (unpaired) electrons. The Labute approximate surface area is 146 Å². The number of halogens is 1. The smallest absolute Gasteiger partial charge is 0.163 e. The van der Waals surface area contributed by atoms with Crippen molar-refractivity contribution in [2.75, 3.05) is 17.2 Å². The highest BCUT2D eigenvalue weighted by Gasteiger charge is 2.07. The van der Waals surface area contributed by atoms with Gasteiger partial charge in [0.25, 0.3) is 0 Å². The van der Waals surface area contributed by atoms with E-state index < -0.39 is 0 Å². The van der Waals surface area contributed by atoms with Crippen LogP contribution in [-0.4, -0.2) is 16.5 Å². The lowest BCUT2D eigenvalue weighted by Gasteiger charge is -2.11. The lowest BCUT2D eigenvalue weighted by atomic mass is 10.2. The van der Waals surface area contributed by atoms with E-state index in [0.717, 1.165) is 16.9 Å². The molecule has 0 amide bonds. The molecule has 2 aromatic carbocycles. The first-order valence-corrected chi connectivity index (χ1v) is 8.02. The second-order valence-corrected chi connectivity index (χ2v) is 5.48. The SMILES string of the molecule is C=CCNc1cc(NCc2ccc(F)cc2)nc(-c2ccccc2)n1. The first-order valence-electron chi connectivity index (χ1n) is 8.02. The van der Waals surface area contributed by atoms with Crippen LogP contribution in [0.3, 0.4) is 0 Å². The molecule has 3 rings (SSSR count). The topological polar surface area (TPSA) is 49.8 Å². The fraction of sp³-hybridized carbons (Fsp3) is 0.100. The Balaban J connectivity index is 1.83. The number of nitrogens with zero attached hydrogens (tertiary/aromatic N) is 2. The molecule has 0 aliphatic rings. The van der Waals surface area contributed by atoms with Gasteiger partial charge < -0.3 is 10.6 Å². The number of nitrogens with one attached hydrogen (secondary N) is 2. The van der Waals surface area contributed by atoms with Gasteiger partial charge in [-0.05, 0) is 17.7 Å². The second-order valence-electron chi connectivity index (χ2n) is 5.48. The molecule has 0 atom stereocenters. The van der Waals surface area contributed by atoms with Gasteiger partial charge in [0.15, 0.2) is 5.82 Å².